The molecule has 1 aliphatic rings. The van der Waals surface area contributed by atoms with Crippen LogP contribution in [0.4, 0.5) is 5.69 Å². The summed E-state index contributed by atoms with van der Waals surface area (Å²) in [6, 6.07) is 13.7. The van der Waals surface area contributed by atoms with Gasteiger partial charge in [0.1, 0.15) is 17.2 Å². The second-order valence-corrected chi connectivity index (χ2v) is 7.82. The summed E-state index contributed by atoms with van der Waals surface area (Å²) >= 11 is 12.4. The molecule has 3 aromatic rings. The van der Waals surface area contributed by atoms with Crippen LogP contribution in [-0.4, -0.2) is 23.8 Å². The number of carbonyl (C=O) groups excluding carboxylic acids is 2. The average Bonchev–Trinajstić information content (AvgIpc) is 3.32. The standard InChI is InChI=1S/C23H18Cl2N2O4/c1-13-5-8-19(30-2)18(10-13)26-21-20(16-7-6-14(24)11-17(16)25)22(28)27(23(21)29)12-15-4-3-9-31-15/h3-11,26H,12H2,1-2H3. The van der Waals surface area contributed by atoms with Gasteiger partial charge in [-0.15, -0.1) is 0 Å². The second-order valence-electron chi connectivity index (χ2n) is 6.98. The number of amides is 2. The third-order valence-corrected chi connectivity index (χ3v) is 5.43. The van der Waals surface area contributed by atoms with Crippen LogP contribution in [0.15, 0.2) is 64.9 Å². The monoisotopic (exact) mass is 456 g/mol. The van der Waals surface area contributed by atoms with Crippen LogP contribution in [0.2, 0.25) is 10.0 Å². The summed E-state index contributed by atoms with van der Waals surface area (Å²) in [5.41, 5.74) is 2.17. The second kappa shape index (κ2) is 8.49. The highest BCUT2D eigenvalue weighted by Crippen LogP contribution is 2.37. The lowest BCUT2D eigenvalue weighted by molar-refractivity contribution is -0.137. The predicted octanol–water partition coefficient (Wildman–Crippen LogP) is 5.30. The van der Waals surface area contributed by atoms with E-state index in [1.54, 1.807) is 30.3 Å². The molecule has 0 fully saturated rings. The molecule has 2 amide bonds. The molecule has 6 nitrogen and oxygen atoms in total. The summed E-state index contributed by atoms with van der Waals surface area (Å²) in [6.07, 6.45) is 1.49. The van der Waals surface area contributed by atoms with Gasteiger partial charge in [0.2, 0.25) is 0 Å². The van der Waals surface area contributed by atoms with Crippen molar-refractivity contribution in [2.24, 2.45) is 0 Å². The molecule has 158 valence electrons. The number of hydrogen-bond donors (Lipinski definition) is 1. The van der Waals surface area contributed by atoms with Crippen LogP contribution >= 0.6 is 23.2 Å². The number of aryl methyl sites for hydroxylation is 1. The molecular weight excluding hydrogens is 439 g/mol. The molecule has 1 aliphatic heterocycles. The van der Waals surface area contributed by atoms with Crippen LogP contribution < -0.4 is 10.1 Å². The molecule has 0 aliphatic carbocycles. The predicted molar refractivity (Wildman–Crippen MR) is 119 cm³/mol. The maximum Gasteiger partial charge on any atom is 0.278 e. The Morgan fingerprint density at radius 3 is 2.55 bits per heavy atom. The van der Waals surface area contributed by atoms with E-state index in [2.05, 4.69) is 5.32 Å². The first-order chi connectivity index (χ1) is 14.9. The van der Waals surface area contributed by atoms with Crippen LogP contribution in [0.1, 0.15) is 16.9 Å². The van der Waals surface area contributed by atoms with Gasteiger partial charge < -0.3 is 14.5 Å². The summed E-state index contributed by atoms with van der Waals surface area (Å²) in [5, 5.41) is 3.79. The van der Waals surface area contributed by atoms with E-state index in [9.17, 15) is 9.59 Å². The van der Waals surface area contributed by atoms with Gasteiger partial charge in [0, 0.05) is 10.6 Å². The molecule has 0 radical (unpaired) electrons. The number of halogens is 2. The summed E-state index contributed by atoms with van der Waals surface area (Å²) < 4.78 is 10.7. The van der Waals surface area contributed by atoms with E-state index in [1.807, 2.05) is 19.1 Å². The van der Waals surface area contributed by atoms with Gasteiger partial charge in [-0.1, -0.05) is 35.3 Å². The fourth-order valence-electron chi connectivity index (χ4n) is 3.39. The SMILES string of the molecule is COc1ccc(C)cc1NC1=C(c2ccc(Cl)cc2Cl)C(=O)N(Cc2ccco2)C1=O. The summed E-state index contributed by atoms with van der Waals surface area (Å²) in [5.74, 6) is 0.0349. The molecule has 0 saturated heterocycles. The third-order valence-electron chi connectivity index (χ3n) is 4.88. The summed E-state index contributed by atoms with van der Waals surface area (Å²) in [6.45, 7) is 1.91. The van der Waals surface area contributed by atoms with Gasteiger partial charge in [-0.25, -0.2) is 0 Å². The smallest absolute Gasteiger partial charge is 0.278 e. The number of rotatable bonds is 6. The third kappa shape index (κ3) is 4.04. The van der Waals surface area contributed by atoms with Crippen molar-refractivity contribution in [2.45, 2.75) is 13.5 Å². The molecule has 0 bridgehead atoms. The van der Waals surface area contributed by atoms with Crippen LogP contribution in [-0.2, 0) is 16.1 Å². The molecule has 31 heavy (non-hydrogen) atoms. The van der Waals surface area contributed by atoms with Crippen molar-refractivity contribution < 1.29 is 18.7 Å². The first-order valence-corrected chi connectivity index (χ1v) is 10.1. The molecule has 1 aromatic heterocycles. The Labute approximate surface area is 189 Å². The molecule has 8 heteroatoms. The molecule has 0 spiro atoms. The molecule has 0 atom stereocenters. The van der Waals surface area contributed by atoms with E-state index in [0.717, 1.165) is 10.5 Å². The van der Waals surface area contributed by atoms with Crippen LogP contribution in [0.5, 0.6) is 5.75 Å². The zero-order valence-corrected chi connectivity index (χ0v) is 18.3. The average molecular weight is 457 g/mol. The van der Waals surface area contributed by atoms with Crippen molar-refractivity contribution in [3.05, 3.63) is 87.4 Å². The molecule has 0 saturated carbocycles. The van der Waals surface area contributed by atoms with Gasteiger partial charge >= 0.3 is 0 Å². The Bertz CT molecular complexity index is 1200. The van der Waals surface area contributed by atoms with E-state index in [4.69, 9.17) is 32.4 Å². The summed E-state index contributed by atoms with van der Waals surface area (Å²) in [7, 11) is 1.53. The van der Waals surface area contributed by atoms with E-state index >= 15 is 0 Å². The molecule has 2 aromatic carbocycles. The number of hydrogen-bond acceptors (Lipinski definition) is 5. The van der Waals surface area contributed by atoms with Crippen molar-refractivity contribution in [2.75, 3.05) is 12.4 Å². The number of ether oxygens (including phenoxy) is 1. The van der Waals surface area contributed by atoms with Crippen molar-refractivity contribution in [3.8, 4) is 5.75 Å². The lowest BCUT2D eigenvalue weighted by Gasteiger charge is -2.15. The molecular formula is C23H18Cl2N2O4. The van der Waals surface area contributed by atoms with E-state index in [0.29, 0.717) is 27.8 Å². The van der Waals surface area contributed by atoms with Crippen molar-refractivity contribution in [1.29, 1.82) is 0 Å². The maximum atomic E-state index is 13.3. The lowest BCUT2D eigenvalue weighted by Crippen LogP contribution is -2.31. The van der Waals surface area contributed by atoms with E-state index < -0.39 is 11.8 Å². The van der Waals surface area contributed by atoms with Crippen molar-refractivity contribution in [3.63, 3.8) is 0 Å². The van der Waals surface area contributed by atoms with E-state index in [1.165, 1.54) is 19.4 Å². The lowest BCUT2D eigenvalue weighted by atomic mass is 10.0. The maximum absolute atomic E-state index is 13.3. The van der Waals surface area contributed by atoms with Crippen LogP contribution in [0, 0.1) is 6.92 Å². The van der Waals surface area contributed by atoms with Gasteiger partial charge in [-0.2, -0.15) is 0 Å². The molecule has 0 unspecified atom stereocenters. The van der Waals surface area contributed by atoms with Crippen LogP contribution in [0.25, 0.3) is 5.57 Å². The van der Waals surface area contributed by atoms with Crippen molar-refractivity contribution in [1.82, 2.24) is 4.90 Å². The molecule has 4 rings (SSSR count). The largest absolute Gasteiger partial charge is 0.495 e. The Morgan fingerprint density at radius 1 is 1.06 bits per heavy atom. The van der Waals surface area contributed by atoms with Gasteiger partial charge in [-0.05, 0) is 48.9 Å². The fraction of sp³-hybridized carbons (Fsp3) is 0.130. The normalized spacial score (nSPS) is 13.9. The van der Waals surface area contributed by atoms with Crippen molar-refractivity contribution >= 4 is 46.3 Å². The highest BCUT2D eigenvalue weighted by molar-refractivity contribution is 6.41. The number of imide groups is 1. The number of carbonyl (C=O) groups is 2. The fourth-order valence-corrected chi connectivity index (χ4v) is 3.89. The highest BCUT2D eigenvalue weighted by atomic mass is 35.5. The van der Waals surface area contributed by atoms with Crippen LogP contribution in [0.3, 0.4) is 0 Å². The quantitative estimate of drug-likeness (QED) is 0.509. The molecule has 2 heterocycles. The zero-order chi connectivity index (χ0) is 22.1. The van der Waals surface area contributed by atoms with Gasteiger partial charge in [0.15, 0.2) is 0 Å². The van der Waals surface area contributed by atoms with E-state index in [-0.39, 0.29) is 22.8 Å². The number of nitrogens with zero attached hydrogens (tertiary/aromatic N) is 1. The minimum Gasteiger partial charge on any atom is -0.495 e. The van der Waals surface area contributed by atoms with Gasteiger partial charge in [0.05, 0.1) is 36.2 Å². The first-order valence-electron chi connectivity index (χ1n) is 9.39. The minimum atomic E-state index is -0.494. The Kier molecular flexibility index (Phi) is 5.76. The summed E-state index contributed by atoms with van der Waals surface area (Å²) in [4.78, 5) is 27.8. The number of nitrogens with one attached hydrogen (secondary N) is 1. The first kappa shape index (κ1) is 21.0. The minimum absolute atomic E-state index is 0.00446. The number of anilines is 1. The number of benzene rings is 2. The Morgan fingerprint density at radius 2 is 1.87 bits per heavy atom. The number of methoxy groups -OCH3 is 1. The molecule has 1 N–H and O–H groups in total. The van der Waals surface area contributed by atoms with Gasteiger partial charge in [-0.3, -0.25) is 14.5 Å². The Balaban J connectivity index is 1.83. The van der Waals surface area contributed by atoms with Gasteiger partial charge in [0.25, 0.3) is 11.8 Å². The Hall–Kier alpha value is -3.22. The zero-order valence-electron chi connectivity index (χ0n) is 16.7. The number of furan rings is 1. The topological polar surface area (TPSA) is 71.8 Å². The highest BCUT2D eigenvalue weighted by Gasteiger charge is 2.40.